The largest absolute Gasteiger partial charge is 2.00 e. The zero-order valence-corrected chi connectivity index (χ0v) is 37.3. The van der Waals surface area contributed by atoms with Gasteiger partial charge in [0.05, 0.1) is 40.4 Å². The van der Waals surface area contributed by atoms with Crippen molar-refractivity contribution in [2.24, 2.45) is 0 Å². The van der Waals surface area contributed by atoms with Crippen molar-refractivity contribution in [3.8, 4) is 0 Å². The average molecular weight is 860 g/mol. The molecule has 0 saturated heterocycles. The number of thioether (sulfide) groups is 2. The molecule has 3 aromatic heterocycles. The molecule has 0 atom stereocenters. The number of hydrogen-bond donors (Lipinski definition) is 0. The standard InChI is InChI=1S/C42H56N8O4S2.Ni/c1-9-17-25-26(18-10-2)36-43-35(25)44-37-27(19-11-3)29(21-13-5)39(46-37)48-41-33(55-23-31(51)53-15-7)34(56-24-32(52)54-16-8)42(50-41)49-40-30(22-14-6)28(20-12-4)38(45-36)47-40;/h9-24H2,1-8H3;/q-2;+2. The van der Waals surface area contributed by atoms with Gasteiger partial charge >= 0.3 is 28.4 Å². The van der Waals surface area contributed by atoms with Crippen molar-refractivity contribution in [2.75, 3.05) is 24.7 Å². The van der Waals surface area contributed by atoms with E-state index in [2.05, 4.69) is 41.5 Å². The summed E-state index contributed by atoms with van der Waals surface area (Å²) in [7, 11) is 0. The van der Waals surface area contributed by atoms with Gasteiger partial charge in [0.2, 0.25) is 0 Å². The van der Waals surface area contributed by atoms with E-state index in [4.69, 9.17) is 49.3 Å². The number of carbonyl (C=O) groups excluding carboxylic acids is 2. The molecule has 12 nitrogen and oxygen atoms in total. The van der Waals surface area contributed by atoms with Gasteiger partial charge in [-0.15, -0.1) is 23.5 Å². The van der Waals surface area contributed by atoms with Gasteiger partial charge in [0.1, 0.15) is 5.82 Å². The van der Waals surface area contributed by atoms with E-state index >= 15 is 0 Å². The predicted molar refractivity (Wildman–Crippen MR) is 228 cm³/mol. The number of allylic oxidation sites excluding steroid dienone is 2. The Morgan fingerprint density at radius 1 is 0.456 bits per heavy atom. The molecule has 15 heteroatoms. The summed E-state index contributed by atoms with van der Waals surface area (Å²) < 4.78 is 10.6. The maximum atomic E-state index is 12.8. The van der Waals surface area contributed by atoms with Gasteiger partial charge in [0, 0.05) is 28.2 Å². The second-order valence-corrected chi connectivity index (χ2v) is 15.7. The molecule has 0 radical (unpaired) electrons. The molecule has 5 heterocycles. The molecule has 5 rings (SSSR count). The molecule has 0 amide bonds. The SMILES string of the molecule is CCCC1=C(CCC)c2nc1nc1nc(nc3[n-]c(nc4[n-]c(n2)c(CCC)c4CCC)c(CCC)c3CCC)C(SCC(=O)OCC)=C1SCC(=O)OCC.[Ni+2]. The van der Waals surface area contributed by atoms with Gasteiger partial charge < -0.3 is 34.4 Å². The fraction of sp³-hybridized carbons (Fsp3) is 0.571. The van der Waals surface area contributed by atoms with Crippen LogP contribution < -0.4 is 9.97 Å². The minimum Gasteiger partial charge on any atom is -0.465 e. The number of fused-ring (bicyclic) bond motifs is 8. The van der Waals surface area contributed by atoms with Crippen molar-refractivity contribution in [3.63, 3.8) is 0 Å². The molecule has 8 bridgehead atoms. The van der Waals surface area contributed by atoms with Gasteiger partial charge in [-0.1, -0.05) is 80.1 Å². The maximum absolute atomic E-state index is 12.8. The van der Waals surface area contributed by atoms with E-state index in [1.807, 2.05) is 0 Å². The number of aryl methyl sites for hydroxylation is 4. The summed E-state index contributed by atoms with van der Waals surface area (Å²) in [4.78, 5) is 68.2. The molecule has 0 fully saturated rings. The van der Waals surface area contributed by atoms with Crippen LogP contribution in [0.3, 0.4) is 0 Å². The summed E-state index contributed by atoms with van der Waals surface area (Å²) in [6, 6.07) is 0. The van der Waals surface area contributed by atoms with Crippen LogP contribution in [0.25, 0.3) is 43.5 Å². The summed E-state index contributed by atoms with van der Waals surface area (Å²) >= 11 is 2.54. The molecule has 0 aliphatic carbocycles. The van der Waals surface area contributed by atoms with E-state index in [1.165, 1.54) is 23.5 Å². The molecular weight excluding hydrogens is 803 g/mol. The normalized spacial score (nSPS) is 12.6. The maximum Gasteiger partial charge on any atom is 2.00 e. The van der Waals surface area contributed by atoms with Gasteiger partial charge in [0.25, 0.3) is 0 Å². The Balaban J connectivity index is 0.00000720. The van der Waals surface area contributed by atoms with Crippen LogP contribution in [0.5, 0.6) is 0 Å². The second kappa shape index (κ2) is 22.6. The Morgan fingerprint density at radius 3 is 1.16 bits per heavy atom. The van der Waals surface area contributed by atoms with E-state index in [-0.39, 0.29) is 53.1 Å². The van der Waals surface area contributed by atoms with Crippen molar-refractivity contribution >= 4 is 79.0 Å². The Labute approximate surface area is 355 Å². The zero-order chi connectivity index (χ0) is 40.2. The van der Waals surface area contributed by atoms with Gasteiger partial charge in [0.15, 0.2) is 11.6 Å². The van der Waals surface area contributed by atoms with Crippen LogP contribution in [0.15, 0.2) is 0 Å². The van der Waals surface area contributed by atoms with Gasteiger partial charge in [-0.05, 0) is 80.2 Å². The van der Waals surface area contributed by atoms with Crippen LogP contribution in [0.2, 0.25) is 0 Å². The first kappa shape index (κ1) is 46.1. The average Bonchev–Trinajstić information content (AvgIpc) is 3.86. The molecule has 0 unspecified atom stereocenters. The Morgan fingerprint density at radius 2 is 0.772 bits per heavy atom. The fourth-order valence-electron chi connectivity index (χ4n) is 7.03. The minimum atomic E-state index is -0.364. The molecule has 2 aliphatic rings. The number of rotatable bonds is 20. The number of nitrogens with zero attached hydrogens (tertiary/aromatic N) is 8. The first-order chi connectivity index (χ1) is 27.2. The van der Waals surface area contributed by atoms with Crippen LogP contribution in [-0.2, 0) is 61.2 Å². The number of carbonyl (C=O) groups is 2. The Hall–Kier alpha value is -3.55. The molecule has 0 spiro atoms. The first-order valence-corrected chi connectivity index (χ1v) is 22.4. The van der Waals surface area contributed by atoms with Crippen LogP contribution in [0, 0.1) is 0 Å². The third-order valence-electron chi connectivity index (χ3n) is 9.30. The molecule has 57 heavy (non-hydrogen) atoms. The molecule has 0 aromatic carbocycles. The van der Waals surface area contributed by atoms with E-state index in [1.54, 1.807) is 13.8 Å². The molecule has 310 valence electrons. The summed E-state index contributed by atoms with van der Waals surface area (Å²) in [6.45, 7) is 17.1. The summed E-state index contributed by atoms with van der Waals surface area (Å²) in [5.41, 5.74) is 8.87. The predicted octanol–water partition coefficient (Wildman–Crippen LogP) is 8.89. The van der Waals surface area contributed by atoms with Gasteiger partial charge in [-0.25, -0.2) is 15.0 Å². The summed E-state index contributed by atoms with van der Waals surface area (Å²) in [5, 5.41) is 0. The molecule has 0 saturated carbocycles. The second-order valence-electron chi connectivity index (χ2n) is 13.7. The minimum absolute atomic E-state index is 0. The first-order valence-electron chi connectivity index (χ1n) is 20.4. The van der Waals surface area contributed by atoms with Crippen LogP contribution in [-0.4, -0.2) is 66.6 Å². The van der Waals surface area contributed by atoms with Crippen molar-refractivity contribution < 1.29 is 35.6 Å². The summed E-state index contributed by atoms with van der Waals surface area (Å²) in [5.74, 6) is 1.22. The van der Waals surface area contributed by atoms with Crippen LogP contribution >= 0.6 is 23.5 Å². The number of esters is 2. The van der Waals surface area contributed by atoms with Crippen molar-refractivity contribution in [1.29, 1.82) is 0 Å². The van der Waals surface area contributed by atoms with Crippen molar-refractivity contribution in [2.45, 2.75) is 132 Å². The monoisotopic (exact) mass is 858 g/mol. The van der Waals surface area contributed by atoms with Crippen molar-refractivity contribution in [3.05, 3.63) is 45.6 Å². The van der Waals surface area contributed by atoms with Gasteiger partial charge in [-0.3, -0.25) is 9.59 Å². The number of hydrogen-bond acceptors (Lipinski definition) is 12. The topological polar surface area (TPSA) is 158 Å². The molecule has 3 aromatic rings. The quantitative estimate of drug-likeness (QED) is 0.0783. The molecule has 0 N–H and O–H groups in total. The third kappa shape index (κ3) is 10.9. The van der Waals surface area contributed by atoms with Crippen molar-refractivity contribution in [1.82, 2.24) is 39.9 Å². The van der Waals surface area contributed by atoms with E-state index in [0.717, 1.165) is 110 Å². The van der Waals surface area contributed by atoms with Crippen LogP contribution in [0.1, 0.15) is 152 Å². The van der Waals surface area contributed by atoms with Crippen LogP contribution in [0.4, 0.5) is 0 Å². The third-order valence-corrected chi connectivity index (χ3v) is 11.5. The van der Waals surface area contributed by atoms with E-state index in [0.29, 0.717) is 55.7 Å². The Bertz CT molecular complexity index is 2130. The van der Waals surface area contributed by atoms with E-state index in [9.17, 15) is 9.59 Å². The smallest absolute Gasteiger partial charge is 0.465 e. The zero-order valence-electron chi connectivity index (χ0n) is 34.7. The van der Waals surface area contributed by atoms with Gasteiger partial charge in [-0.2, -0.15) is 0 Å². The Kier molecular flexibility index (Phi) is 18.3. The number of ether oxygens (including phenoxy) is 2. The molecule has 2 aliphatic heterocycles. The summed E-state index contributed by atoms with van der Waals surface area (Å²) in [6.07, 6.45) is 10.2. The number of aromatic nitrogens is 8. The fourth-order valence-corrected chi connectivity index (χ4v) is 8.96. The molecular formula is C42H56N8NiO4S2. The van der Waals surface area contributed by atoms with E-state index < -0.39 is 0 Å².